The molecule has 0 saturated carbocycles. The highest BCUT2D eigenvalue weighted by Gasteiger charge is 2.05. The minimum absolute atomic E-state index is 0.0705. The average molecular weight is 257 g/mol. The summed E-state index contributed by atoms with van der Waals surface area (Å²) in [5.41, 5.74) is 3.16. The summed E-state index contributed by atoms with van der Waals surface area (Å²) in [5.74, 6) is -0.0705. The molecule has 0 aliphatic heterocycles. The minimum Gasteiger partial charge on any atom is -0.292 e. The van der Waals surface area contributed by atoms with Crippen LogP contribution in [0.5, 0.6) is 0 Å². The van der Waals surface area contributed by atoms with Gasteiger partial charge in [0, 0.05) is 10.5 Å². The Kier molecular flexibility index (Phi) is 4.05. The van der Waals surface area contributed by atoms with Gasteiger partial charge in [-0.15, -0.1) is 0 Å². The van der Waals surface area contributed by atoms with Crippen LogP contribution in [0.4, 0.5) is 0 Å². The first-order chi connectivity index (χ1) is 8.66. The summed E-state index contributed by atoms with van der Waals surface area (Å²) in [6, 6.07) is 15.4. The van der Waals surface area contributed by atoms with E-state index in [0.29, 0.717) is 5.56 Å². The summed E-state index contributed by atoms with van der Waals surface area (Å²) in [7, 11) is 0. The van der Waals surface area contributed by atoms with Crippen molar-refractivity contribution in [1.29, 1.82) is 0 Å². The third-order valence-corrected chi connectivity index (χ3v) is 3.55. The van der Waals surface area contributed by atoms with Gasteiger partial charge in [0.25, 0.3) is 5.91 Å². The molecule has 0 saturated heterocycles. The maximum atomic E-state index is 11.8. The third kappa shape index (κ3) is 3.14. The number of benzene rings is 2. The SMILES string of the molecule is Cc1ccc(SNC(=O)c2ccccc2)cc1C. The van der Waals surface area contributed by atoms with Gasteiger partial charge in [-0.3, -0.25) is 9.52 Å². The Balaban J connectivity index is 1.99. The Morgan fingerprint density at radius 2 is 1.72 bits per heavy atom. The Hall–Kier alpha value is -1.74. The first-order valence-corrected chi connectivity index (χ1v) is 6.58. The monoisotopic (exact) mass is 257 g/mol. The van der Waals surface area contributed by atoms with E-state index in [0.717, 1.165) is 4.90 Å². The highest BCUT2D eigenvalue weighted by molar-refractivity contribution is 7.98. The number of rotatable bonds is 3. The Morgan fingerprint density at radius 1 is 1.00 bits per heavy atom. The molecule has 0 fully saturated rings. The molecule has 92 valence electrons. The van der Waals surface area contributed by atoms with Crippen molar-refractivity contribution in [3.63, 3.8) is 0 Å². The van der Waals surface area contributed by atoms with Gasteiger partial charge < -0.3 is 0 Å². The van der Waals surface area contributed by atoms with Gasteiger partial charge >= 0.3 is 0 Å². The second-order valence-electron chi connectivity index (χ2n) is 4.15. The van der Waals surface area contributed by atoms with Gasteiger partial charge in [-0.1, -0.05) is 24.3 Å². The fourth-order valence-electron chi connectivity index (χ4n) is 1.53. The quantitative estimate of drug-likeness (QED) is 0.849. The van der Waals surface area contributed by atoms with Crippen LogP contribution in [-0.2, 0) is 0 Å². The van der Waals surface area contributed by atoms with Crippen LogP contribution in [0, 0.1) is 13.8 Å². The van der Waals surface area contributed by atoms with Crippen molar-refractivity contribution < 1.29 is 4.79 Å². The molecule has 18 heavy (non-hydrogen) atoms. The molecule has 2 nitrogen and oxygen atoms in total. The minimum atomic E-state index is -0.0705. The van der Waals surface area contributed by atoms with Gasteiger partial charge in [-0.25, -0.2) is 0 Å². The first-order valence-electron chi connectivity index (χ1n) is 5.76. The lowest BCUT2D eigenvalue weighted by atomic mass is 10.1. The van der Waals surface area contributed by atoms with E-state index >= 15 is 0 Å². The van der Waals surface area contributed by atoms with E-state index in [-0.39, 0.29) is 5.91 Å². The maximum Gasteiger partial charge on any atom is 0.261 e. The molecule has 0 heterocycles. The van der Waals surface area contributed by atoms with Gasteiger partial charge in [0.1, 0.15) is 0 Å². The largest absolute Gasteiger partial charge is 0.292 e. The number of hydrogen-bond donors (Lipinski definition) is 1. The molecule has 1 N–H and O–H groups in total. The summed E-state index contributed by atoms with van der Waals surface area (Å²) in [6.07, 6.45) is 0. The van der Waals surface area contributed by atoms with Crippen LogP contribution in [0.3, 0.4) is 0 Å². The predicted molar refractivity (Wildman–Crippen MR) is 75.7 cm³/mol. The second-order valence-corrected chi connectivity index (χ2v) is 5.02. The van der Waals surface area contributed by atoms with Crippen LogP contribution in [0.1, 0.15) is 21.5 Å². The summed E-state index contributed by atoms with van der Waals surface area (Å²) >= 11 is 1.35. The smallest absolute Gasteiger partial charge is 0.261 e. The second kappa shape index (κ2) is 5.74. The molecule has 3 heteroatoms. The molecule has 1 amide bonds. The Morgan fingerprint density at radius 3 is 2.39 bits per heavy atom. The topological polar surface area (TPSA) is 29.1 Å². The summed E-state index contributed by atoms with van der Waals surface area (Å²) in [6.45, 7) is 4.14. The van der Waals surface area contributed by atoms with E-state index in [1.54, 1.807) is 12.1 Å². The van der Waals surface area contributed by atoms with Crippen LogP contribution in [-0.4, -0.2) is 5.91 Å². The Bertz CT molecular complexity index is 552. The highest BCUT2D eigenvalue weighted by atomic mass is 32.2. The average Bonchev–Trinajstić information content (AvgIpc) is 2.41. The molecule has 0 atom stereocenters. The zero-order chi connectivity index (χ0) is 13.0. The van der Waals surface area contributed by atoms with Gasteiger partial charge in [0.2, 0.25) is 0 Å². The lowest BCUT2D eigenvalue weighted by Gasteiger charge is -2.06. The van der Waals surface area contributed by atoms with Gasteiger partial charge in [-0.2, -0.15) is 0 Å². The van der Waals surface area contributed by atoms with E-state index in [9.17, 15) is 4.79 Å². The molecule has 0 bridgehead atoms. The molecule has 0 aromatic heterocycles. The van der Waals surface area contributed by atoms with Crippen LogP contribution in [0.25, 0.3) is 0 Å². The third-order valence-electron chi connectivity index (χ3n) is 2.78. The van der Waals surface area contributed by atoms with E-state index < -0.39 is 0 Å². The Labute approximate surface area is 112 Å². The molecule has 0 aliphatic rings. The number of nitrogens with one attached hydrogen (secondary N) is 1. The van der Waals surface area contributed by atoms with Gasteiger partial charge in [-0.05, 0) is 61.2 Å². The van der Waals surface area contributed by atoms with Crippen LogP contribution in [0.2, 0.25) is 0 Å². The molecular formula is C15H15NOS. The van der Waals surface area contributed by atoms with Crippen molar-refractivity contribution in [1.82, 2.24) is 4.72 Å². The van der Waals surface area contributed by atoms with Gasteiger partial charge in [0.05, 0.1) is 0 Å². The zero-order valence-electron chi connectivity index (χ0n) is 10.4. The van der Waals surface area contributed by atoms with Crippen LogP contribution >= 0.6 is 11.9 Å². The predicted octanol–water partition coefficient (Wildman–Crippen LogP) is 3.74. The number of hydrogen-bond acceptors (Lipinski definition) is 2. The number of amides is 1. The van der Waals surface area contributed by atoms with Crippen molar-refractivity contribution in [2.24, 2.45) is 0 Å². The van der Waals surface area contributed by atoms with E-state index in [1.165, 1.54) is 23.1 Å². The standard InChI is InChI=1S/C15H15NOS/c1-11-8-9-14(10-12(11)2)18-16-15(17)13-6-4-3-5-7-13/h3-10H,1-2H3,(H,16,17). The molecule has 0 unspecified atom stereocenters. The zero-order valence-corrected chi connectivity index (χ0v) is 11.3. The number of aryl methyl sites for hydroxylation is 2. The number of carbonyl (C=O) groups is 1. The van der Waals surface area contributed by atoms with E-state index in [2.05, 4.69) is 30.7 Å². The first kappa shape index (κ1) is 12.7. The fourth-order valence-corrected chi connectivity index (χ4v) is 2.23. The molecule has 2 aromatic rings. The lowest BCUT2D eigenvalue weighted by Crippen LogP contribution is -2.15. The number of carbonyl (C=O) groups excluding carboxylic acids is 1. The van der Waals surface area contributed by atoms with Crippen molar-refractivity contribution >= 4 is 17.9 Å². The fraction of sp³-hybridized carbons (Fsp3) is 0.133. The summed E-state index contributed by atoms with van der Waals surface area (Å²) < 4.78 is 2.84. The molecule has 2 rings (SSSR count). The summed E-state index contributed by atoms with van der Waals surface area (Å²) in [4.78, 5) is 12.9. The molecule has 0 spiro atoms. The van der Waals surface area contributed by atoms with Crippen molar-refractivity contribution in [2.75, 3.05) is 0 Å². The van der Waals surface area contributed by atoms with Crippen molar-refractivity contribution in [3.8, 4) is 0 Å². The molecule has 2 aromatic carbocycles. The summed E-state index contributed by atoms with van der Waals surface area (Å²) in [5, 5.41) is 0. The molecule has 0 radical (unpaired) electrons. The lowest BCUT2D eigenvalue weighted by molar-refractivity contribution is 0.0984. The molecule has 0 aliphatic carbocycles. The molecular weight excluding hydrogens is 242 g/mol. The van der Waals surface area contributed by atoms with Crippen LogP contribution < -0.4 is 4.72 Å². The van der Waals surface area contributed by atoms with Gasteiger partial charge in [0.15, 0.2) is 0 Å². The maximum absolute atomic E-state index is 11.8. The van der Waals surface area contributed by atoms with Crippen LogP contribution in [0.15, 0.2) is 53.4 Å². The van der Waals surface area contributed by atoms with E-state index in [4.69, 9.17) is 0 Å². The van der Waals surface area contributed by atoms with E-state index in [1.807, 2.05) is 24.3 Å². The highest BCUT2D eigenvalue weighted by Crippen LogP contribution is 2.18. The normalized spacial score (nSPS) is 10.1. The van der Waals surface area contributed by atoms with Crippen molar-refractivity contribution in [2.45, 2.75) is 18.7 Å². The van der Waals surface area contributed by atoms with Crippen molar-refractivity contribution in [3.05, 3.63) is 65.2 Å².